The number of likely N-dealkylation sites (tertiary alicyclic amines) is 1. The summed E-state index contributed by atoms with van der Waals surface area (Å²) in [5.74, 6) is -1.36. The van der Waals surface area contributed by atoms with E-state index in [1.165, 1.54) is 4.90 Å². The van der Waals surface area contributed by atoms with Crippen LogP contribution in [0.1, 0.15) is 30.4 Å². The third kappa shape index (κ3) is 4.99. The number of alkyl halides is 7. The molecular formula is C26H25F8NO5S. The molecule has 0 bridgehead atoms. The molecule has 1 N–H and O–H groups in total. The van der Waals surface area contributed by atoms with Gasteiger partial charge in [0.2, 0.25) is 5.91 Å². The number of rotatable bonds is 6. The summed E-state index contributed by atoms with van der Waals surface area (Å²) in [6.45, 7) is -1.02. The Hall–Kier alpha value is -2.78. The van der Waals surface area contributed by atoms with Crippen LogP contribution in [-0.4, -0.2) is 69.6 Å². The maximum atomic E-state index is 14.6. The molecular weight excluding hydrogens is 590 g/mol. The fourth-order valence-electron chi connectivity index (χ4n) is 5.43. The molecule has 2 aromatic carbocycles. The fraction of sp³-hybridized carbons (Fsp3) is 0.500. The van der Waals surface area contributed by atoms with E-state index in [9.17, 15) is 53.4 Å². The van der Waals surface area contributed by atoms with E-state index >= 15 is 0 Å². The van der Waals surface area contributed by atoms with Crippen molar-refractivity contribution in [3.05, 3.63) is 65.5 Å². The van der Waals surface area contributed by atoms with Crippen molar-refractivity contribution >= 4 is 15.7 Å². The van der Waals surface area contributed by atoms with E-state index in [0.717, 1.165) is 24.3 Å². The summed E-state index contributed by atoms with van der Waals surface area (Å²) in [6, 6.07) is 5.35. The first kappa shape index (κ1) is 31.2. The molecule has 2 aliphatic rings. The maximum Gasteiger partial charge on any atom is 0.435 e. The first-order valence-corrected chi connectivity index (χ1v) is 13.9. The van der Waals surface area contributed by atoms with Crippen molar-refractivity contribution in [3.8, 4) is 0 Å². The van der Waals surface area contributed by atoms with Gasteiger partial charge in [0.1, 0.15) is 10.6 Å². The van der Waals surface area contributed by atoms with Crippen LogP contribution in [0.4, 0.5) is 35.1 Å². The van der Waals surface area contributed by atoms with Gasteiger partial charge in [-0.25, -0.2) is 17.2 Å². The highest BCUT2D eigenvalue weighted by molar-refractivity contribution is 7.92. The Balaban J connectivity index is 1.82. The van der Waals surface area contributed by atoms with E-state index in [0.29, 0.717) is 12.1 Å². The number of amides is 1. The Morgan fingerprint density at radius 2 is 1.41 bits per heavy atom. The van der Waals surface area contributed by atoms with Crippen LogP contribution >= 0.6 is 0 Å². The second-order valence-corrected chi connectivity index (χ2v) is 12.5. The SMILES string of the molecule is O=C(N1CCC(c2ccc(C(F)(C(F)(F)F)C(F)(F)F)cc2)(S(=O)(=O)c2ccc(F)cc2)C1)C1(CO)CCOCC1. The molecule has 0 saturated carbocycles. The molecule has 2 saturated heterocycles. The minimum atomic E-state index is -6.37. The summed E-state index contributed by atoms with van der Waals surface area (Å²) < 4.78 is 139. The van der Waals surface area contributed by atoms with Gasteiger partial charge >= 0.3 is 18.0 Å². The summed E-state index contributed by atoms with van der Waals surface area (Å²) in [5, 5.41) is 10.0. The smallest absolute Gasteiger partial charge is 0.395 e. The molecule has 15 heteroatoms. The van der Waals surface area contributed by atoms with Crippen molar-refractivity contribution in [2.75, 3.05) is 32.9 Å². The zero-order chi connectivity index (χ0) is 30.5. The average molecular weight is 616 g/mol. The van der Waals surface area contributed by atoms with Crippen LogP contribution < -0.4 is 0 Å². The molecule has 41 heavy (non-hydrogen) atoms. The molecule has 0 radical (unpaired) electrons. The van der Waals surface area contributed by atoms with Crippen LogP contribution in [0.5, 0.6) is 0 Å². The number of halogens is 8. The molecule has 0 aliphatic carbocycles. The lowest BCUT2D eigenvalue weighted by atomic mass is 9.79. The number of sulfone groups is 1. The van der Waals surface area contributed by atoms with Crippen molar-refractivity contribution in [1.29, 1.82) is 0 Å². The maximum absolute atomic E-state index is 14.6. The minimum absolute atomic E-state index is 0.138. The van der Waals surface area contributed by atoms with Crippen LogP contribution in [0.2, 0.25) is 0 Å². The van der Waals surface area contributed by atoms with Gasteiger partial charge in [-0.05, 0) is 49.1 Å². The highest BCUT2D eigenvalue weighted by Gasteiger charge is 2.73. The summed E-state index contributed by atoms with van der Waals surface area (Å²) in [6.07, 6.45) is -12.8. The molecule has 2 aliphatic heterocycles. The van der Waals surface area contributed by atoms with Gasteiger partial charge in [0.25, 0.3) is 0 Å². The molecule has 4 rings (SSSR count). The van der Waals surface area contributed by atoms with Gasteiger partial charge in [-0.1, -0.05) is 24.3 Å². The minimum Gasteiger partial charge on any atom is -0.395 e. The predicted octanol–water partition coefficient (Wildman–Crippen LogP) is 4.81. The van der Waals surface area contributed by atoms with Gasteiger partial charge in [0, 0.05) is 31.9 Å². The number of carbonyl (C=O) groups excluding carboxylic acids is 1. The van der Waals surface area contributed by atoms with E-state index in [2.05, 4.69) is 0 Å². The molecule has 2 fully saturated rings. The summed E-state index contributed by atoms with van der Waals surface area (Å²) >= 11 is 0. The normalized spacial score (nSPS) is 22.1. The highest BCUT2D eigenvalue weighted by Crippen LogP contribution is 2.54. The summed E-state index contributed by atoms with van der Waals surface area (Å²) in [4.78, 5) is 14.3. The number of ether oxygens (including phenoxy) is 1. The van der Waals surface area contributed by atoms with Gasteiger partial charge in [-0.3, -0.25) is 4.79 Å². The predicted molar refractivity (Wildman–Crippen MR) is 127 cm³/mol. The molecule has 1 amide bonds. The molecule has 1 unspecified atom stereocenters. The lowest BCUT2D eigenvalue weighted by Crippen LogP contribution is -2.50. The van der Waals surface area contributed by atoms with Crippen LogP contribution in [0.15, 0.2) is 53.4 Å². The Labute approximate surface area is 229 Å². The first-order valence-electron chi connectivity index (χ1n) is 12.4. The molecule has 0 aromatic heterocycles. The van der Waals surface area contributed by atoms with Crippen molar-refractivity contribution in [1.82, 2.24) is 4.90 Å². The lowest BCUT2D eigenvalue weighted by Gasteiger charge is -2.38. The van der Waals surface area contributed by atoms with Gasteiger partial charge in [0.05, 0.1) is 16.9 Å². The number of benzene rings is 2. The largest absolute Gasteiger partial charge is 0.435 e. The van der Waals surface area contributed by atoms with Gasteiger partial charge in [-0.15, -0.1) is 0 Å². The van der Waals surface area contributed by atoms with E-state index in [-0.39, 0.29) is 56.7 Å². The van der Waals surface area contributed by atoms with E-state index in [1.807, 2.05) is 0 Å². The standard InChI is InChI=1S/C26H25F8NO5S/c27-19-5-7-20(8-6-19)41(38,39)23(9-12-35(15-23)21(37)22(16-36)10-13-40-14-11-22)17-1-3-18(4-2-17)24(28,25(29,30)31)26(32,33)34/h1-8,36H,9-16H2. The quantitative estimate of drug-likeness (QED) is 0.373. The van der Waals surface area contributed by atoms with E-state index in [1.54, 1.807) is 0 Å². The highest BCUT2D eigenvalue weighted by atomic mass is 32.2. The fourth-order valence-corrected chi connectivity index (χ4v) is 7.51. The lowest BCUT2D eigenvalue weighted by molar-refractivity contribution is -0.348. The van der Waals surface area contributed by atoms with Crippen LogP contribution in [-0.2, 0) is 29.8 Å². The summed E-state index contributed by atoms with van der Waals surface area (Å²) in [5.41, 5.74) is -9.10. The Bertz CT molecular complexity index is 1360. The zero-order valence-corrected chi connectivity index (χ0v) is 22.1. The number of carbonyl (C=O) groups is 1. The Morgan fingerprint density at radius 1 is 0.878 bits per heavy atom. The monoisotopic (exact) mass is 615 g/mol. The van der Waals surface area contributed by atoms with Crippen molar-refractivity contribution in [2.24, 2.45) is 5.41 Å². The van der Waals surface area contributed by atoms with Gasteiger partial charge in [-0.2, -0.15) is 26.3 Å². The zero-order valence-electron chi connectivity index (χ0n) is 21.2. The summed E-state index contributed by atoms with van der Waals surface area (Å²) in [7, 11) is -4.58. The molecule has 226 valence electrons. The molecule has 0 spiro atoms. The third-order valence-corrected chi connectivity index (χ3v) is 10.4. The van der Waals surface area contributed by atoms with E-state index < -0.39 is 73.4 Å². The molecule has 6 nitrogen and oxygen atoms in total. The average Bonchev–Trinajstić information content (AvgIpc) is 3.39. The van der Waals surface area contributed by atoms with Gasteiger partial charge < -0.3 is 14.7 Å². The second-order valence-electron chi connectivity index (χ2n) is 10.2. The molecule has 1 atom stereocenters. The Kier molecular flexibility index (Phi) is 7.97. The van der Waals surface area contributed by atoms with Crippen molar-refractivity contribution in [3.63, 3.8) is 0 Å². The van der Waals surface area contributed by atoms with Crippen LogP contribution in [0, 0.1) is 11.2 Å². The molecule has 2 heterocycles. The van der Waals surface area contributed by atoms with Crippen LogP contribution in [0.3, 0.4) is 0 Å². The number of aliphatic hydroxyl groups is 1. The number of hydrogen-bond acceptors (Lipinski definition) is 5. The topological polar surface area (TPSA) is 83.9 Å². The van der Waals surface area contributed by atoms with Crippen molar-refractivity contribution < 1.29 is 58.2 Å². The molecule has 2 aromatic rings. The van der Waals surface area contributed by atoms with Crippen LogP contribution in [0.25, 0.3) is 0 Å². The Morgan fingerprint density at radius 3 is 1.90 bits per heavy atom. The third-order valence-electron chi connectivity index (χ3n) is 7.95. The number of hydrogen-bond donors (Lipinski definition) is 1. The number of nitrogens with zero attached hydrogens (tertiary/aromatic N) is 1. The van der Waals surface area contributed by atoms with Gasteiger partial charge in [0.15, 0.2) is 9.84 Å². The van der Waals surface area contributed by atoms with E-state index in [4.69, 9.17) is 4.74 Å². The second kappa shape index (κ2) is 10.5. The first-order chi connectivity index (χ1) is 19.0. The van der Waals surface area contributed by atoms with Crippen molar-refractivity contribution in [2.45, 2.75) is 46.9 Å². The number of aliphatic hydroxyl groups excluding tert-OH is 1.